The van der Waals surface area contributed by atoms with Crippen molar-refractivity contribution in [1.29, 1.82) is 0 Å². The number of allylic oxidation sites excluding steroid dienone is 1. The van der Waals surface area contributed by atoms with E-state index in [-0.39, 0.29) is 5.91 Å². The van der Waals surface area contributed by atoms with Crippen molar-refractivity contribution < 1.29 is 23.8 Å². The number of carbonyl (C=O) groups is 1. The van der Waals surface area contributed by atoms with Gasteiger partial charge in [0.05, 0.1) is 25.1 Å². The molecule has 0 aliphatic carbocycles. The number of likely N-dealkylation sites (tertiary alicyclic amines) is 1. The van der Waals surface area contributed by atoms with Crippen molar-refractivity contribution in [2.75, 3.05) is 52.8 Å². The molecule has 234 valence electrons. The Morgan fingerprint density at radius 1 is 0.909 bits per heavy atom. The van der Waals surface area contributed by atoms with Crippen LogP contribution in [0.4, 0.5) is 5.69 Å². The van der Waals surface area contributed by atoms with Gasteiger partial charge in [-0.2, -0.15) is 0 Å². The molecular weight excluding hydrogens is 554 g/mol. The zero-order chi connectivity index (χ0) is 31.5. The number of piperidine rings is 1. The van der Waals surface area contributed by atoms with E-state index in [0.29, 0.717) is 54.2 Å². The van der Waals surface area contributed by atoms with Crippen LogP contribution in [0.15, 0.2) is 72.4 Å². The molecule has 0 radical (unpaired) electrons. The molecule has 0 atom stereocenters. The monoisotopic (exact) mass is 599 g/mol. The van der Waals surface area contributed by atoms with E-state index in [1.807, 2.05) is 55.5 Å². The molecule has 4 rings (SSSR count). The SMILES string of the molecule is COc1cc(C(=O)N(C)c2ccc(C)cc2OCCCCC(=C=O)N2CCC(N(C)C)CC2)ccc1OCc1ccccc1. The lowest BCUT2D eigenvalue weighted by Crippen LogP contribution is -2.41. The van der Waals surface area contributed by atoms with E-state index < -0.39 is 0 Å². The molecule has 1 saturated heterocycles. The standard InChI is InChI=1S/C36H45N3O5/c1-27-14-16-32(34(23-27)43-22-10-9-13-31(25-40)39-20-18-30(19-21-39)37(2)3)38(4)36(41)29-15-17-33(35(24-29)42-5)44-26-28-11-7-6-8-12-28/h6-8,11-12,14-17,23-24,30H,9-10,13,18-22,26H2,1-5H3. The number of amides is 1. The van der Waals surface area contributed by atoms with Gasteiger partial charge < -0.3 is 28.9 Å². The van der Waals surface area contributed by atoms with Crippen molar-refractivity contribution >= 4 is 17.5 Å². The zero-order valence-electron chi connectivity index (χ0n) is 26.7. The summed E-state index contributed by atoms with van der Waals surface area (Å²) in [5, 5.41) is 0. The second-order valence-electron chi connectivity index (χ2n) is 11.5. The Balaban J connectivity index is 1.33. The van der Waals surface area contributed by atoms with E-state index in [1.165, 1.54) is 0 Å². The summed E-state index contributed by atoms with van der Waals surface area (Å²) in [5.41, 5.74) is 4.00. The number of anilines is 1. The van der Waals surface area contributed by atoms with Crippen molar-refractivity contribution in [1.82, 2.24) is 9.80 Å². The van der Waals surface area contributed by atoms with Gasteiger partial charge in [0.2, 0.25) is 0 Å². The summed E-state index contributed by atoms with van der Waals surface area (Å²) in [6.07, 6.45) is 4.41. The Labute approximate surface area is 261 Å². The number of benzene rings is 3. The van der Waals surface area contributed by atoms with Crippen LogP contribution in [0.25, 0.3) is 0 Å². The first-order valence-corrected chi connectivity index (χ1v) is 15.3. The summed E-state index contributed by atoms with van der Waals surface area (Å²) < 4.78 is 17.7. The predicted molar refractivity (Wildman–Crippen MR) is 175 cm³/mol. The van der Waals surface area contributed by atoms with Crippen LogP contribution in [0.2, 0.25) is 0 Å². The number of rotatable bonds is 14. The lowest BCUT2D eigenvalue weighted by atomic mass is 10.0. The van der Waals surface area contributed by atoms with E-state index in [9.17, 15) is 9.59 Å². The first-order valence-electron chi connectivity index (χ1n) is 15.3. The molecule has 3 aromatic rings. The van der Waals surface area contributed by atoms with E-state index in [0.717, 1.165) is 55.6 Å². The van der Waals surface area contributed by atoms with Crippen LogP contribution in [0.3, 0.4) is 0 Å². The molecule has 0 N–H and O–H groups in total. The van der Waals surface area contributed by atoms with Gasteiger partial charge in [-0.25, -0.2) is 4.79 Å². The normalized spacial score (nSPS) is 13.4. The number of aryl methyl sites for hydroxylation is 1. The molecule has 0 saturated carbocycles. The maximum atomic E-state index is 13.6. The van der Waals surface area contributed by atoms with Crippen molar-refractivity contribution in [3.63, 3.8) is 0 Å². The summed E-state index contributed by atoms with van der Waals surface area (Å²) >= 11 is 0. The average Bonchev–Trinajstić information content (AvgIpc) is 3.05. The van der Waals surface area contributed by atoms with Crippen molar-refractivity contribution in [2.24, 2.45) is 0 Å². The largest absolute Gasteiger partial charge is 0.493 e. The van der Waals surface area contributed by atoms with Gasteiger partial charge in [0, 0.05) is 31.7 Å². The van der Waals surface area contributed by atoms with E-state index in [4.69, 9.17) is 14.2 Å². The minimum atomic E-state index is -0.189. The fourth-order valence-corrected chi connectivity index (χ4v) is 5.47. The van der Waals surface area contributed by atoms with E-state index in [2.05, 4.69) is 29.8 Å². The molecule has 1 fully saturated rings. The number of hydrogen-bond donors (Lipinski definition) is 0. The van der Waals surface area contributed by atoms with Gasteiger partial charge in [-0.1, -0.05) is 36.4 Å². The molecule has 8 heteroatoms. The maximum absolute atomic E-state index is 13.6. The molecule has 1 amide bonds. The molecule has 0 bridgehead atoms. The van der Waals surface area contributed by atoms with Crippen LogP contribution < -0.4 is 19.1 Å². The first-order chi connectivity index (χ1) is 21.3. The fraction of sp³-hybridized carbons (Fsp3) is 0.417. The summed E-state index contributed by atoms with van der Waals surface area (Å²) in [6.45, 7) is 4.67. The Bertz CT molecular complexity index is 1430. The van der Waals surface area contributed by atoms with Gasteiger partial charge in [-0.15, -0.1) is 0 Å². The van der Waals surface area contributed by atoms with Gasteiger partial charge in [0.25, 0.3) is 5.91 Å². The van der Waals surface area contributed by atoms with Crippen LogP contribution in [-0.4, -0.2) is 75.6 Å². The smallest absolute Gasteiger partial charge is 0.258 e. The lowest BCUT2D eigenvalue weighted by Gasteiger charge is -2.36. The molecule has 0 unspecified atom stereocenters. The van der Waals surface area contributed by atoms with Crippen LogP contribution in [-0.2, 0) is 11.4 Å². The second kappa shape index (κ2) is 16.0. The van der Waals surface area contributed by atoms with Gasteiger partial charge in [-0.05, 0) is 94.6 Å². The van der Waals surface area contributed by atoms with Crippen LogP contribution in [0.1, 0.15) is 53.6 Å². The molecule has 8 nitrogen and oxygen atoms in total. The maximum Gasteiger partial charge on any atom is 0.258 e. The molecule has 1 aliphatic heterocycles. The molecule has 1 heterocycles. The summed E-state index contributed by atoms with van der Waals surface area (Å²) in [6, 6.07) is 21.5. The number of carbonyl (C=O) groups excluding carboxylic acids is 2. The zero-order valence-corrected chi connectivity index (χ0v) is 26.7. The molecule has 3 aromatic carbocycles. The highest BCUT2D eigenvalue weighted by atomic mass is 16.5. The Morgan fingerprint density at radius 3 is 2.34 bits per heavy atom. The topological polar surface area (TPSA) is 71.5 Å². The summed E-state index contributed by atoms with van der Waals surface area (Å²) in [7, 11) is 7.53. The fourth-order valence-electron chi connectivity index (χ4n) is 5.47. The Hall–Kier alpha value is -4.26. The van der Waals surface area contributed by atoms with Crippen molar-refractivity contribution in [3.05, 3.63) is 89.1 Å². The van der Waals surface area contributed by atoms with Gasteiger partial charge in [0.1, 0.15) is 18.3 Å². The van der Waals surface area contributed by atoms with Gasteiger partial charge >= 0.3 is 0 Å². The van der Waals surface area contributed by atoms with Crippen LogP contribution >= 0.6 is 0 Å². The van der Waals surface area contributed by atoms with Crippen LogP contribution in [0, 0.1) is 6.92 Å². The number of ether oxygens (including phenoxy) is 3. The summed E-state index contributed by atoms with van der Waals surface area (Å²) in [4.78, 5) is 31.3. The molecule has 0 aromatic heterocycles. The molecule has 1 aliphatic rings. The number of nitrogens with zero attached hydrogens (tertiary/aromatic N) is 3. The minimum Gasteiger partial charge on any atom is -0.493 e. The van der Waals surface area contributed by atoms with E-state index in [1.54, 1.807) is 37.3 Å². The molecule has 0 spiro atoms. The molecular formula is C36H45N3O5. The first kappa shape index (κ1) is 32.6. The predicted octanol–water partition coefficient (Wildman–Crippen LogP) is 6.15. The third kappa shape index (κ3) is 8.65. The number of hydrogen-bond acceptors (Lipinski definition) is 7. The van der Waals surface area contributed by atoms with Crippen LogP contribution in [0.5, 0.6) is 17.2 Å². The highest BCUT2D eigenvalue weighted by molar-refractivity contribution is 6.06. The number of methoxy groups -OCH3 is 1. The average molecular weight is 600 g/mol. The summed E-state index contributed by atoms with van der Waals surface area (Å²) in [5.74, 6) is 3.71. The van der Waals surface area contributed by atoms with Crippen molar-refractivity contribution in [3.8, 4) is 17.2 Å². The minimum absolute atomic E-state index is 0.189. The number of unbranched alkanes of at least 4 members (excludes halogenated alkanes) is 1. The molecule has 44 heavy (non-hydrogen) atoms. The quantitative estimate of drug-likeness (QED) is 0.163. The highest BCUT2D eigenvalue weighted by Gasteiger charge is 2.23. The van der Waals surface area contributed by atoms with Gasteiger partial charge in [-0.3, -0.25) is 4.79 Å². The third-order valence-corrected chi connectivity index (χ3v) is 8.19. The Kier molecular flexibility index (Phi) is 11.9. The van der Waals surface area contributed by atoms with Gasteiger partial charge in [0.15, 0.2) is 11.5 Å². The highest BCUT2D eigenvalue weighted by Crippen LogP contribution is 2.33. The third-order valence-electron chi connectivity index (χ3n) is 8.19. The van der Waals surface area contributed by atoms with Crippen molar-refractivity contribution in [2.45, 2.75) is 51.7 Å². The Morgan fingerprint density at radius 2 is 1.66 bits per heavy atom. The van der Waals surface area contributed by atoms with E-state index >= 15 is 0 Å². The second-order valence-corrected chi connectivity index (χ2v) is 11.5. The lowest BCUT2D eigenvalue weighted by molar-refractivity contribution is 0.0991.